The number of aryl methyl sites for hydroxylation is 3. The molecule has 0 saturated heterocycles. The summed E-state index contributed by atoms with van der Waals surface area (Å²) in [6.45, 7) is 10.6. The fraction of sp³-hybridized carbons (Fsp3) is 0.438. The van der Waals surface area contributed by atoms with E-state index in [1.165, 1.54) is 11.1 Å². The Hall–Kier alpha value is -1.61. The summed E-state index contributed by atoms with van der Waals surface area (Å²) in [7, 11) is 0. The molecule has 3 heteroatoms. The van der Waals surface area contributed by atoms with E-state index in [0.717, 1.165) is 22.2 Å². The molecule has 0 spiro atoms. The highest BCUT2D eigenvalue weighted by Crippen LogP contribution is 2.26. The standard InChI is InChI=1S/C16H22N2O/c1-9(2)17-8-14(19)15-12(5)18-16-11(4)10(3)6-7-13(15)16/h6-7,9,17-18H,8H2,1-5H3. The number of benzene rings is 1. The van der Waals surface area contributed by atoms with E-state index in [4.69, 9.17) is 0 Å². The predicted molar refractivity (Wildman–Crippen MR) is 80.0 cm³/mol. The first-order valence-corrected chi connectivity index (χ1v) is 6.77. The first kappa shape index (κ1) is 13.8. The Kier molecular flexibility index (Phi) is 3.76. The minimum absolute atomic E-state index is 0.153. The summed E-state index contributed by atoms with van der Waals surface area (Å²) < 4.78 is 0. The first-order chi connectivity index (χ1) is 8.91. The van der Waals surface area contributed by atoms with Crippen LogP contribution in [0.4, 0.5) is 0 Å². The largest absolute Gasteiger partial charge is 0.358 e. The number of rotatable bonds is 4. The number of nitrogens with one attached hydrogen (secondary N) is 2. The van der Waals surface area contributed by atoms with Crippen molar-refractivity contribution in [1.29, 1.82) is 0 Å². The van der Waals surface area contributed by atoms with Crippen molar-refractivity contribution < 1.29 is 4.79 Å². The fourth-order valence-electron chi connectivity index (χ4n) is 2.38. The van der Waals surface area contributed by atoms with Crippen LogP contribution in [0, 0.1) is 20.8 Å². The van der Waals surface area contributed by atoms with Crippen molar-refractivity contribution in [2.75, 3.05) is 6.54 Å². The molecule has 0 unspecified atom stereocenters. The third-order valence-electron chi connectivity index (χ3n) is 3.64. The molecule has 1 aromatic carbocycles. The Morgan fingerprint density at radius 2 is 1.95 bits per heavy atom. The molecule has 19 heavy (non-hydrogen) atoms. The van der Waals surface area contributed by atoms with Gasteiger partial charge in [0.05, 0.1) is 6.54 Å². The average Bonchev–Trinajstić information content (AvgIpc) is 2.68. The maximum Gasteiger partial charge on any atom is 0.179 e. The molecule has 0 radical (unpaired) electrons. The van der Waals surface area contributed by atoms with E-state index in [-0.39, 0.29) is 5.78 Å². The molecule has 0 fully saturated rings. The van der Waals surface area contributed by atoms with Crippen molar-refractivity contribution in [1.82, 2.24) is 10.3 Å². The summed E-state index contributed by atoms with van der Waals surface area (Å²) in [5, 5.41) is 4.23. The molecule has 102 valence electrons. The molecule has 1 heterocycles. The van der Waals surface area contributed by atoms with Crippen molar-refractivity contribution in [3.63, 3.8) is 0 Å². The SMILES string of the molecule is Cc1ccc2c(C(=O)CNC(C)C)c(C)[nH]c2c1C. The number of Topliss-reactive ketones (excluding diaryl/α,β-unsaturated/α-hetero) is 1. The van der Waals surface area contributed by atoms with Crippen molar-refractivity contribution in [2.45, 2.75) is 40.7 Å². The highest BCUT2D eigenvalue weighted by Gasteiger charge is 2.17. The zero-order valence-electron chi connectivity index (χ0n) is 12.3. The van der Waals surface area contributed by atoms with E-state index in [1.807, 2.05) is 26.8 Å². The summed E-state index contributed by atoms with van der Waals surface area (Å²) >= 11 is 0. The molecular weight excluding hydrogens is 236 g/mol. The van der Waals surface area contributed by atoms with Crippen LogP contribution in [0.2, 0.25) is 0 Å². The molecule has 2 N–H and O–H groups in total. The van der Waals surface area contributed by atoms with E-state index >= 15 is 0 Å². The van der Waals surface area contributed by atoms with Gasteiger partial charge in [-0.15, -0.1) is 0 Å². The van der Waals surface area contributed by atoms with Crippen LogP contribution < -0.4 is 5.32 Å². The van der Waals surface area contributed by atoms with Crippen LogP contribution in [0.1, 0.15) is 41.0 Å². The van der Waals surface area contributed by atoms with Crippen molar-refractivity contribution >= 4 is 16.7 Å². The zero-order chi connectivity index (χ0) is 14.2. The third kappa shape index (κ3) is 2.56. The maximum absolute atomic E-state index is 12.4. The first-order valence-electron chi connectivity index (χ1n) is 6.77. The van der Waals surface area contributed by atoms with Gasteiger partial charge in [0.25, 0.3) is 0 Å². The van der Waals surface area contributed by atoms with E-state index in [0.29, 0.717) is 12.6 Å². The summed E-state index contributed by atoms with van der Waals surface area (Å²) in [5.74, 6) is 0.153. The van der Waals surface area contributed by atoms with E-state index in [9.17, 15) is 4.79 Å². The number of H-pyrrole nitrogens is 1. The lowest BCUT2D eigenvalue weighted by Crippen LogP contribution is -2.29. The molecule has 0 aliphatic rings. The van der Waals surface area contributed by atoms with Gasteiger partial charge in [0, 0.05) is 28.2 Å². The average molecular weight is 258 g/mol. The molecule has 0 aliphatic heterocycles. The number of aromatic amines is 1. The third-order valence-corrected chi connectivity index (χ3v) is 3.64. The molecule has 2 rings (SSSR count). The van der Waals surface area contributed by atoms with Crippen LogP contribution in [-0.2, 0) is 0 Å². The van der Waals surface area contributed by atoms with Crippen LogP contribution in [0.5, 0.6) is 0 Å². The van der Waals surface area contributed by atoms with Crippen LogP contribution in [0.25, 0.3) is 10.9 Å². The van der Waals surface area contributed by atoms with E-state index in [2.05, 4.69) is 30.2 Å². The Morgan fingerprint density at radius 3 is 2.58 bits per heavy atom. The van der Waals surface area contributed by atoms with Crippen LogP contribution in [0.3, 0.4) is 0 Å². The molecular formula is C16H22N2O. The number of carbonyl (C=O) groups is 1. The van der Waals surface area contributed by atoms with E-state index in [1.54, 1.807) is 0 Å². The summed E-state index contributed by atoms with van der Waals surface area (Å²) in [4.78, 5) is 15.7. The van der Waals surface area contributed by atoms with Gasteiger partial charge in [-0.1, -0.05) is 26.0 Å². The highest BCUT2D eigenvalue weighted by atomic mass is 16.1. The van der Waals surface area contributed by atoms with Gasteiger partial charge in [0.15, 0.2) is 5.78 Å². The van der Waals surface area contributed by atoms with Crippen LogP contribution in [-0.4, -0.2) is 23.4 Å². The Balaban J connectivity index is 2.46. The molecule has 1 aromatic heterocycles. The molecule has 0 bridgehead atoms. The van der Waals surface area contributed by atoms with Gasteiger partial charge in [0.1, 0.15) is 0 Å². The Labute approximate surface area is 114 Å². The van der Waals surface area contributed by atoms with Gasteiger partial charge < -0.3 is 10.3 Å². The quantitative estimate of drug-likeness (QED) is 0.827. The normalized spacial score (nSPS) is 11.5. The molecule has 0 amide bonds. The minimum atomic E-state index is 0.153. The number of aromatic nitrogens is 1. The van der Waals surface area contributed by atoms with Crippen molar-refractivity contribution in [2.24, 2.45) is 0 Å². The Bertz CT molecular complexity index is 623. The van der Waals surface area contributed by atoms with Gasteiger partial charge in [-0.2, -0.15) is 0 Å². The summed E-state index contributed by atoms with van der Waals surface area (Å²) in [6.07, 6.45) is 0. The smallest absolute Gasteiger partial charge is 0.179 e. The van der Waals surface area contributed by atoms with E-state index < -0.39 is 0 Å². The summed E-state index contributed by atoms with van der Waals surface area (Å²) in [5.41, 5.74) is 5.33. The molecule has 0 atom stereocenters. The topological polar surface area (TPSA) is 44.9 Å². The zero-order valence-corrected chi connectivity index (χ0v) is 12.3. The van der Waals surface area contributed by atoms with Gasteiger partial charge >= 0.3 is 0 Å². The second kappa shape index (κ2) is 5.17. The number of carbonyl (C=O) groups excluding carboxylic acids is 1. The second-order valence-corrected chi connectivity index (χ2v) is 5.51. The Morgan fingerprint density at radius 1 is 1.26 bits per heavy atom. The van der Waals surface area contributed by atoms with Gasteiger partial charge in [0.2, 0.25) is 0 Å². The lowest BCUT2D eigenvalue weighted by Gasteiger charge is -2.07. The lowest BCUT2D eigenvalue weighted by atomic mass is 10.0. The molecule has 2 aromatic rings. The van der Waals surface area contributed by atoms with Crippen molar-refractivity contribution in [3.05, 3.63) is 34.5 Å². The predicted octanol–water partition coefficient (Wildman–Crippen LogP) is 3.27. The maximum atomic E-state index is 12.4. The van der Waals surface area contributed by atoms with Crippen LogP contribution >= 0.6 is 0 Å². The fourth-order valence-corrected chi connectivity index (χ4v) is 2.38. The van der Waals surface area contributed by atoms with Crippen molar-refractivity contribution in [3.8, 4) is 0 Å². The van der Waals surface area contributed by atoms with Crippen LogP contribution in [0.15, 0.2) is 12.1 Å². The van der Waals surface area contributed by atoms with Gasteiger partial charge in [-0.3, -0.25) is 4.79 Å². The van der Waals surface area contributed by atoms with Gasteiger partial charge in [-0.25, -0.2) is 0 Å². The molecule has 0 aliphatic carbocycles. The summed E-state index contributed by atoms with van der Waals surface area (Å²) in [6, 6.07) is 4.44. The minimum Gasteiger partial charge on any atom is -0.358 e. The molecule has 3 nitrogen and oxygen atoms in total. The monoisotopic (exact) mass is 258 g/mol. The molecule has 0 saturated carbocycles. The number of hydrogen-bond acceptors (Lipinski definition) is 2. The number of hydrogen-bond donors (Lipinski definition) is 2. The number of fused-ring (bicyclic) bond motifs is 1. The lowest BCUT2D eigenvalue weighted by molar-refractivity contribution is 0.0989. The number of ketones is 1. The second-order valence-electron chi connectivity index (χ2n) is 5.51. The van der Waals surface area contributed by atoms with Gasteiger partial charge in [-0.05, 0) is 31.9 Å². The highest BCUT2D eigenvalue weighted by molar-refractivity contribution is 6.10.